The Kier molecular flexibility index (Phi) is 7.42. The molecule has 25 heavy (non-hydrogen) atoms. The normalized spacial score (nSPS) is 10.1. The minimum absolute atomic E-state index is 0.0849. The number of amides is 2. The van der Waals surface area contributed by atoms with Gasteiger partial charge in [-0.1, -0.05) is 18.2 Å². The predicted molar refractivity (Wildman–Crippen MR) is 92.5 cm³/mol. The third kappa shape index (κ3) is 6.62. The van der Waals surface area contributed by atoms with Crippen LogP contribution in [0.5, 0.6) is 11.5 Å². The summed E-state index contributed by atoms with van der Waals surface area (Å²) in [6.45, 7) is 0.527. The van der Waals surface area contributed by atoms with E-state index in [0.717, 1.165) is 0 Å². The van der Waals surface area contributed by atoms with Gasteiger partial charge in [0.25, 0.3) is 0 Å². The lowest BCUT2D eigenvalue weighted by Crippen LogP contribution is -2.37. The molecule has 0 aliphatic rings. The Bertz CT molecular complexity index is 674. The summed E-state index contributed by atoms with van der Waals surface area (Å²) in [6.07, 6.45) is 0. The number of anilines is 1. The second kappa shape index (κ2) is 10.1. The Morgan fingerprint density at radius 2 is 1.56 bits per heavy atom. The van der Waals surface area contributed by atoms with Crippen molar-refractivity contribution in [3.05, 3.63) is 54.6 Å². The van der Waals surface area contributed by atoms with Gasteiger partial charge in [-0.3, -0.25) is 9.59 Å². The molecule has 0 unspecified atom stereocenters. The molecule has 2 aromatic rings. The number of hydrogen-bond acceptors (Lipinski definition) is 5. The average molecular weight is 344 g/mol. The number of rotatable bonds is 8. The van der Waals surface area contributed by atoms with Gasteiger partial charge >= 0.3 is 11.8 Å². The van der Waals surface area contributed by atoms with Crippen LogP contribution < -0.4 is 15.4 Å². The Labute approximate surface area is 145 Å². The van der Waals surface area contributed by atoms with Crippen LogP contribution in [0.1, 0.15) is 0 Å². The van der Waals surface area contributed by atoms with Gasteiger partial charge in [-0.25, -0.2) is 0 Å². The Morgan fingerprint density at radius 1 is 0.880 bits per heavy atom. The summed E-state index contributed by atoms with van der Waals surface area (Å²) in [5.41, 5.74) is 0.483. The number of benzene rings is 2. The molecule has 3 N–H and O–H groups in total. The van der Waals surface area contributed by atoms with E-state index in [1.54, 1.807) is 24.3 Å². The van der Waals surface area contributed by atoms with Crippen molar-refractivity contribution in [2.75, 3.05) is 31.7 Å². The van der Waals surface area contributed by atoms with Crippen LogP contribution in [0.2, 0.25) is 0 Å². The summed E-state index contributed by atoms with van der Waals surface area (Å²) in [5, 5.41) is 13.5. The monoisotopic (exact) mass is 344 g/mol. The van der Waals surface area contributed by atoms with Gasteiger partial charge in [-0.15, -0.1) is 0 Å². The van der Waals surface area contributed by atoms with E-state index in [1.807, 2.05) is 30.3 Å². The third-order valence-corrected chi connectivity index (χ3v) is 3.06. The second-order valence-electron chi connectivity index (χ2n) is 4.99. The van der Waals surface area contributed by atoms with Gasteiger partial charge in [-0.2, -0.15) is 0 Å². The topological polar surface area (TPSA) is 96.9 Å². The fourth-order valence-corrected chi connectivity index (χ4v) is 1.90. The molecule has 0 aliphatic heterocycles. The average Bonchev–Trinajstić information content (AvgIpc) is 2.64. The van der Waals surface area contributed by atoms with Gasteiger partial charge in [0.05, 0.1) is 19.8 Å². The van der Waals surface area contributed by atoms with E-state index in [4.69, 9.17) is 14.6 Å². The van der Waals surface area contributed by atoms with Gasteiger partial charge in [0, 0.05) is 12.2 Å². The number of aliphatic hydroxyl groups excluding tert-OH is 1. The van der Waals surface area contributed by atoms with Gasteiger partial charge in [-0.05, 0) is 36.4 Å². The van der Waals surface area contributed by atoms with Crippen molar-refractivity contribution in [2.45, 2.75) is 0 Å². The number of hydrogen-bond donors (Lipinski definition) is 3. The molecule has 2 rings (SSSR count). The number of para-hydroxylation sites is 1. The summed E-state index contributed by atoms with van der Waals surface area (Å²) >= 11 is 0. The zero-order valence-electron chi connectivity index (χ0n) is 13.6. The predicted octanol–water partition coefficient (Wildman–Crippen LogP) is 1.54. The SMILES string of the molecule is O=C(NCCOCCO)C(=O)Nc1ccc(Oc2ccccc2)cc1. The number of ether oxygens (including phenoxy) is 2. The highest BCUT2D eigenvalue weighted by Crippen LogP contribution is 2.22. The molecule has 7 nitrogen and oxygen atoms in total. The van der Waals surface area contributed by atoms with Crippen molar-refractivity contribution in [1.82, 2.24) is 5.32 Å². The van der Waals surface area contributed by atoms with Gasteiger partial charge in [0.1, 0.15) is 11.5 Å². The van der Waals surface area contributed by atoms with Crippen molar-refractivity contribution < 1.29 is 24.2 Å². The summed E-state index contributed by atoms with van der Waals surface area (Å²) in [7, 11) is 0. The molecule has 0 saturated heterocycles. The molecule has 0 heterocycles. The molecule has 0 radical (unpaired) electrons. The standard InChI is InChI=1S/C18H20N2O5/c21-11-13-24-12-10-19-17(22)18(23)20-14-6-8-16(9-7-14)25-15-4-2-1-3-5-15/h1-9,21H,10-13H2,(H,19,22)(H,20,23). The maximum absolute atomic E-state index is 11.8. The molecule has 0 atom stereocenters. The van der Waals surface area contributed by atoms with Gasteiger partial charge in [0.2, 0.25) is 0 Å². The first-order chi connectivity index (χ1) is 12.2. The molecule has 2 aromatic carbocycles. The molecular formula is C18H20N2O5. The van der Waals surface area contributed by atoms with E-state index < -0.39 is 11.8 Å². The van der Waals surface area contributed by atoms with Crippen LogP contribution in [0.4, 0.5) is 5.69 Å². The van der Waals surface area contributed by atoms with E-state index in [2.05, 4.69) is 10.6 Å². The molecular weight excluding hydrogens is 324 g/mol. The maximum atomic E-state index is 11.8. The van der Waals surface area contributed by atoms with Gasteiger partial charge in [0.15, 0.2) is 0 Å². The van der Waals surface area contributed by atoms with Crippen molar-refractivity contribution >= 4 is 17.5 Å². The zero-order chi connectivity index (χ0) is 17.9. The molecule has 0 aliphatic carbocycles. The molecule has 2 amide bonds. The van der Waals surface area contributed by atoms with Crippen LogP contribution in [0.15, 0.2) is 54.6 Å². The first-order valence-electron chi connectivity index (χ1n) is 7.80. The number of aliphatic hydroxyl groups is 1. The van der Waals surface area contributed by atoms with Crippen LogP contribution in [-0.4, -0.2) is 43.3 Å². The Balaban J connectivity index is 1.78. The highest BCUT2D eigenvalue weighted by molar-refractivity contribution is 6.39. The molecule has 132 valence electrons. The smallest absolute Gasteiger partial charge is 0.313 e. The van der Waals surface area contributed by atoms with Crippen molar-refractivity contribution in [3.63, 3.8) is 0 Å². The first kappa shape index (κ1) is 18.4. The largest absolute Gasteiger partial charge is 0.457 e. The van der Waals surface area contributed by atoms with Crippen LogP contribution in [0.25, 0.3) is 0 Å². The van der Waals surface area contributed by atoms with Crippen molar-refractivity contribution in [2.24, 2.45) is 0 Å². The van der Waals surface area contributed by atoms with E-state index in [0.29, 0.717) is 17.2 Å². The van der Waals surface area contributed by atoms with E-state index in [1.165, 1.54) is 0 Å². The Hall–Kier alpha value is -2.90. The fraction of sp³-hybridized carbons (Fsp3) is 0.222. The van der Waals surface area contributed by atoms with E-state index in [-0.39, 0.29) is 26.4 Å². The summed E-state index contributed by atoms with van der Waals surface area (Å²) in [4.78, 5) is 23.4. The van der Waals surface area contributed by atoms with Crippen LogP contribution >= 0.6 is 0 Å². The quantitative estimate of drug-likeness (QED) is 0.499. The van der Waals surface area contributed by atoms with Crippen LogP contribution in [0, 0.1) is 0 Å². The minimum Gasteiger partial charge on any atom is -0.457 e. The highest BCUT2D eigenvalue weighted by Gasteiger charge is 2.13. The number of carbonyl (C=O) groups is 2. The fourth-order valence-electron chi connectivity index (χ4n) is 1.90. The Morgan fingerprint density at radius 3 is 2.24 bits per heavy atom. The number of carbonyl (C=O) groups excluding carboxylic acids is 2. The molecule has 0 aromatic heterocycles. The lowest BCUT2D eigenvalue weighted by atomic mass is 10.3. The van der Waals surface area contributed by atoms with Crippen molar-refractivity contribution in [1.29, 1.82) is 0 Å². The summed E-state index contributed by atoms with van der Waals surface area (Å²) in [6, 6.07) is 16.0. The number of nitrogens with one attached hydrogen (secondary N) is 2. The summed E-state index contributed by atoms with van der Waals surface area (Å²) in [5.74, 6) is -0.187. The van der Waals surface area contributed by atoms with E-state index >= 15 is 0 Å². The zero-order valence-corrected chi connectivity index (χ0v) is 13.6. The molecule has 7 heteroatoms. The second-order valence-corrected chi connectivity index (χ2v) is 4.99. The molecule has 0 spiro atoms. The lowest BCUT2D eigenvalue weighted by Gasteiger charge is -2.08. The van der Waals surface area contributed by atoms with Gasteiger partial charge < -0.3 is 25.2 Å². The van der Waals surface area contributed by atoms with Crippen molar-refractivity contribution in [3.8, 4) is 11.5 Å². The first-order valence-corrected chi connectivity index (χ1v) is 7.80. The minimum atomic E-state index is -0.765. The highest BCUT2D eigenvalue weighted by atomic mass is 16.5. The molecule has 0 saturated carbocycles. The van der Waals surface area contributed by atoms with E-state index in [9.17, 15) is 9.59 Å². The maximum Gasteiger partial charge on any atom is 0.313 e. The third-order valence-electron chi connectivity index (χ3n) is 3.06. The molecule has 0 bridgehead atoms. The molecule has 0 fully saturated rings. The van der Waals surface area contributed by atoms with Crippen LogP contribution in [-0.2, 0) is 14.3 Å². The summed E-state index contributed by atoms with van der Waals surface area (Å²) < 4.78 is 10.6. The van der Waals surface area contributed by atoms with Crippen LogP contribution in [0.3, 0.4) is 0 Å². The lowest BCUT2D eigenvalue weighted by molar-refractivity contribution is -0.136.